The maximum Gasteiger partial charge on any atom is 0.229 e. The normalized spacial score (nSPS) is 10.7. The van der Waals surface area contributed by atoms with Crippen molar-refractivity contribution in [3.63, 3.8) is 0 Å². The summed E-state index contributed by atoms with van der Waals surface area (Å²) >= 11 is 1.68. The zero-order valence-electron chi connectivity index (χ0n) is 9.71. The smallest absolute Gasteiger partial charge is 0.229 e. The van der Waals surface area contributed by atoms with E-state index >= 15 is 0 Å². The number of anilines is 2. The van der Waals surface area contributed by atoms with Crippen molar-refractivity contribution >= 4 is 34.6 Å². The third kappa shape index (κ3) is 2.02. The summed E-state index contributed by atoms with van der Waals surface area (Å²) in [6, 6.07) is 8.05. The molecule has 0 saturated carbocycles. The summed E-state index contributed by atoms with van der Waals surface area (Å²) in [6.07, 6.45) is 5.37. The number of fused-ring (bicyclic) bond motifs is 1. The Morgan fingerprint density at radius 1 is 1.22 bits per heavy atom. The molecule has 0 radical (unpaired) electrons. The van der Waals surface area contributed by atoms with E-state index in [-0.39, 0.29) is 0 Å². The lowest BCUT2D eigenvalue weighted by atomic mass is 10.3. The summed E-state index contributed by atoms with van der Waals surface area (Å²) in [7, 11) is 0. The van der Waals surface area contributed by atoms with E-state index in [2.05, 4.69) is 31.3 Å². The van der Waals surface area contributed by atoms with E-state index in [4.69, 9.17) is 0 Å². The minimum atomic E-state index is 0.552. The predicted octanol–water partition coefficient (Wildman–Crippen LogP) is 2.82. The highest BCUT2D eigenvalue weighted by atomic mass is 32.2. The minimum Gasteiger partial charge on any atom is -0.342 e. The van der Waals surface area contributed by atoms with E-state index in [0.717, 1.165) is 16.1 Å². The molecule has 1 aromatic carbocycles. The molecule has 6 heteroatoms. The van der Waals surface area contributed by atoms with E-state index in [1.54, 1.807) is 24.3 Å². The van der Waals surface area contributed by atoms with Crippen LogP contribution in [0.3, 0.4) is 0 Å². The lowest BCUT2D eigenvalue weighted by molar-refractivity contribution is 1.19. The fourth-order valence-corrected chi connectivity index (χ4v) is 2.22. The van der Waals surface area contributed by atoms with Crippen LogP contribution in [-0.4, -0.2) is 26.2 Å². The largest absolute Gasteiger partial charge is 0.342 e. The minimum absolute atomic E-state index is 0.552. The van der Waals surface area contributed by atoms with Crippen LogP contribution < -0.4 is 5.32 Å². The quantitative estimate of drug-likeness (QED) is 0.706. The molecule has 2 N–H and O–H groups in total. The van der Waals surface area contributed by atoms with Crippen LogP contribution in [0.2, 0.25) is 0 Å². The molecule has 0 bridgehead atoms. The molecule has 3 rings (SSSR count). The van der Waals surface area contributed by atoms with Crippen LogP contribution in [0.5, 0.6) is 0 Å². The summed E-state index contributed by atoms with van der Waals surface area (Å²) in [5, 5.41) is 3.21. The molecule has 3 aromatic rings. The van der Waals surface area contributed by atoms with E-state index in [1.165, 1.54) is 0 Å². The third-order valence-electron chi connectivity index (χ3n) is 2.53. The van der Waals surface area contributed by atoms with Crippen LogP contribution in [0.15, 0.2) is 41.7 Å². The van der Waals surface area contributed by atoms with Gasteiger partial charge >= 0.3 is 0 Å². The van der Waals surface area contributed by atoms with Crippen molar-refractivity contribution in [2.45, 2.75) is 4.90 Å². The monoisotopic (exact) mass is 257 g/mol. The van der Waals surface area contributed by atoms with Gasteiger partial charge in [-0.2, -0.15) is 4.98 Å². The van der Waals surface area contributed by atoms with Crippen molar-refractivity contribution in [2.24, 2.45) is 0 Å². The molecule has 0 aliphatic carbocycles. The predicted molar refractivity (Wildman–Crippen MR) is 73.2 cm³/mol. The fraction of sp³-hybridized carbons (Fsp3) is 0.0833. The maximum atomic E-state index is 4.33. The second-order valence-electron chi connectivity index (χ2n) is 3.66. The summed E-state index contributed by atoms with van der Waals surface area (Å²) in [5.74, 6) is 0.552. The summed E-state index contributed by atoms with van der Waals surface area (Å²) in [6.45, 7) is 0. The zero-order chi connectivity index (χ0) is 12.4. The molecule has 0 unspecified atom stereocenters. The number of para-hydroxylation sites is 1. The lowest BCUT2D eigenvalue weighted by Gasteiger charge is -2.08. The van der Waals surface area contributed by atoms with Gasteiger partial charge in [0, 0.05) is 4.90 Å². The van der Waals surface area contributed by atoms with Gasteiger partial charge in [-0.1, -0.05) is 12.1 Å². The number of hydrogen-bond acceptors (Lipinski definition) is 5. The van der Waals surface area contributed by atoms with Gasteiger partial charge in [0.15, 0.2) is 5.65 Å². The van der Waals surface area contributed by atoms with E-state index < -0.39 is 0 Å². The Kier molecular flexibility index (Phi) is 2.85. The molecule has 0 spiro atoms. The van der Waals surface area contributed by atoms with Gasteiger partial charge in [-0.25, -0.2) is 9.97 Å². The van der Waals surface area contributed by atoms with Crippen molar-refractivity contribution in [2.75, 3.05) is 11.6 Å². The first-order chi connectivity index (χ1) is 8.86. The first-order valence-corrected chi connectivity index (χ1v) is 6.65. The highest BCUT2D eigenvalue weighted by Gasteiger charge is 2.04. The second kappa shape index (κ2) is 4.66. The molecule has 0 saturated heterocycles. The molecule has 18 heavy (non-hydrogen) atoms. The fourth-order valence-electron chi connectivity index (χ4n) is 1.66. The average molecular weight is 257 g/mol. The number of benzene rings is 1. The Bertz CT molecular complexity index is 679. The van der Waals surface area contributed by atoms with Gasteiger partial charge in [-0.3, -0.25) is 0 Å². The first-order valence-electron chi connectivity index (χ1n) is 5.43. The van der Waals surface area contributed by atoms with E-state index in [9.17, 15) is 0 Å². The number of aromatic nitrogens is 4. The molecule has 0 aliphatic heterocycles. The van der Waals surface area contributed by atoms with Crippen LogP contribution in [-0.2, 0) is 0 Å². The molecule has 0 amide bonds. The zero-order valence-corrected chi connectivity index (χ0v) is 10.5. The Labute approximate surface area is 108 Å². The highest BCUT2D eigenvalue weighted by molar-refractivity contribution is 7.98. The van der Waals surface area contributed by atoms with Crippen molar-refractivity contribution < 1.29 is 0 Å². The average Bonchev–Trinajstić information content (AvgIpc) is 2.87. The highest BCUT2D eigenvalue weighted by Crippen LogP contribution is 2.26. The molecular formula is C12H11N5S. The molecule has 0 aliphatic rings. The molecular weight excluding hydrogens is 246 g/mol. The molecule has 0 fully saturated rings. The van der Waals surface area contributed by atoms with Crippen molar-refractivity contribution in [3.05, 3.63) is 36.8 Å². The maximum absolute atomic E-state index is 4.33. The number of imidazole rings is 1. The Balaban J connectivity index is 1.95. The lowest BCUT2D eigenvalue weighted by Crippen LogP contribution is -1.98. The van der Waals surface area contributed by atoms with Crippen LogP contribution in [0.25, 0.3) is 11.2 Å². The van der Waals surface area contributed by atoms with Crippen LogP contribution >= 0.6 is 11.8 Å². The van der Waals surface area contributed by atoms with E-state index in [1.807, 2.05) is 24.5 Å². The molecule has 90 valence electrons. The topological polar surface area (TPSA) is 66.5 Å². The molecule has 5 nitrogen and oxygen atoms in total. The van der Waals surface area contributed by atoms with Crippen molar-refractivity contribution in [1.29, 1.82) is 0 Å². The standard InChI is InChI=1S/C12H11N5S/c1-18-10-5-3-2-4-8(10)16-12-13-6-9-11(17-12)15-7-14-9/h2-7H,1H3,(H2,13,14,15,16,17). The SMILES string of the molecule is CSc1ccccc1Nc1ncc2[nH]cnc2n1. The van der Waals surface area contributed by atoms with Gasteiger partial charge in [0.2, 0.25) is 5.95 Å². The summed E-state index contributed by atoms with van der Waals surface area (Å²) in [4.78, 5) is 16.8. The Morgan fingerprint density at radius 3 is 3.00 bits per heavy atom. The number of H-pyrrole nitrogens is 1. The van der Waals surface area contributed by atoms with Crippen molar-refractivity contribution in [1.82, 2.24) is 19.9 Å². The van der Waals surface area contributed by atoms with E-state index in [0.29, 0.717) is 11.6 Å². The summed E-state index contributed by atoms with van der Waals surface area (Å²) in [5.41, 5.74) is 2.49. The number of hydrogen-bond donors (Lipinski definition) is 2. The second-order valence-corrected chi connectivity index (χ2v) is 4.51. The number of aromatic amines is 1. The van der Waals surface area contributed by atoms with Gasteiger partial charge in [0.1, 0.15) is 5.52 Å². The number of rotatable bonds is 3. The van der Waals surface area contributed by atoms with Crippen molar-refractivity contribution in [3.8, 4) is 0 Å². The van der Waals surface area contributed by atoms with Gasteiger partial charge < -0.3 is 10.3 Å². The molecule has 2 aromatic heterocycles. The number of thioether (sulfide) groups is 1. The summed E-state index contributed by atoms with van der Waals surface area (Å²) < 4.78 is 0. The first kappa shape index (κ1) is 11.0. The van der Waals surface area contributed by atoms with Gasteiger partial charge in [0.25, 0.3) is 0 Å². The Morgan fingerprint density at radius 2 is 2.11 bits per heavy atom. The number of nitrogens with one attached hydrogen (secondary N) is 2. The molecule has 0 atom stereocenters. The van der Waals surface area contributed by atoms with Crippen LogP contribution in [0.4, 0.5) is 11.6 Å². The van der Waals surface area contributed by atoms with Gasteiger partial charge in [0.05, 0.1) is 18.2 Å². The van der Waals surface area contributed by atoms with Gasteiger partial charge in [-0.05, 0) is 18.4 Å². The Hall–Kier alpha value is -2.08. The van der Waals surface area contributed by atoms with Crippen LogP contribution in [0, 0.1) is 0 Å². The number of nitrogens with zero attached hydrogens (tertiary/aromatic N) is 3. The third-order valence-corrected chi connectivity index (χ3v) is 3.32. The van der Waals surface area contributed by atoms with Crippen LogP contribution in [0.1, 0.15) is 0 Å². The van der Waals surface area contributed by atoms with Gasteiger partial charge in [-0.15, -0.1) is 11.8 Å². The molecule has 2 heterocycles.